The van der Waals surface area contributed by atoms with E-state index in [0.29, 0.717) is 6.61 Å². The van der Waals surface area contributed by atoms with Crippen LogP contribution in [0.2, 0.25) is 0 Å². The van der Waals surface area contributed by atoms with Crippen LogP contribution < -0.4 is 0 Å². The molecule has 2 heteroatoms. The van der Waals surface area contributed by atoms with E-state index in [0.717, 1.165) is 25.7 Å². The van der Waals surface area contributed by atoms with E-state index in [1.54, 1.807) is 6.08 Å². The van der Waals surface area contributed by atoms with Crippen molar-refractivity contribution in [3.05, 3.63) is 23.3 Å². The second kappa shape index (κ2) is 6.63. The van der Waals surface area contributed by atoms with Gasteiger partial charge in [0.25, 0.3) is 0 Å². The number of hydrogen-bond donors (Lipinski definition) is 0. The molecule has 0 amide bonds. The molecule has 0 saturated heterocycles. The fourth-order valence-electron chi connectivity index (χ4n) is 2.58. The Hall–Kier alpha value is -1.05. The molecule has 0 aromatic carbocycles. The average molecular weight is 234 g/mol. The highest BCUT2D eigenvalue weighted by molar-refractivity contribution is 5.83. The quantitative estimate of drug-likeness (QED) is 0.643. The van der Waals surface area contributed by atoms with Crippen molar-refractivity contribution < 1.29 is 9.53 Å². The Morgan fingerprint density at radius 3 is 2.59 bits per heavy atom. The summed E-state index contributed by atoms with van der Waals surface area (Å²) in [4.78, 5) is 11.5. The Balaban J connectivity index is 2.10. The fourth-order valence-corrected chi connectivity index (χ4v) is 2.58. The van der Waals surface area contributed by atoms with Crippen LogP contribution in [0.1, 0.15) is 57.8 Å². The van der Waals surface area contributed by atoms with E-state index >= 15 is 0 Å². The number of rotatable bonds is 1. The molecule has 0 N–H and O–H groups in total. The van der Waals surface area contributed by atoms with Crippen molar-refractivity contribution in [1.82, 2.24) is 0 Å². The predicted octanol–water partition coefficient (Wildman–Crippen LogP) is 3.92. The van der Waals surface area contributed by atoms with Gasteiger partial charge in [-0.05, 0) is 56.1 Å². The lowest BCUT2D eigenvalue weighted by Crippen LogP contribution is -2.08. The van der Waals surface area contributed by atoms with E-state index in [-0.39, 0.29) is 5.97 Å². The van der Waals surface area contributed by atoms with Crippen molar-refractivity contribution in [3.8, 4) is 0 Å². The predicted molar refractivity (Wildman–Crippen MR) is 68.7 cm³/mol. The molecule has 0 aromatic heterocycles. The summed E-state index contributed by atoms with van der Waals surface area (Å²) in [6.45, 7) is 0.585. The van der Waals surface area contributed by atoms with E-state index in [4.69, 9.17) is 4.74 Å². The maximum Gasteiger partial charge on any atom is 0.331 e. The van der Waals surface area contributed by atoms with Crippen molar-refractivity contribution in [2.24, 2.45) is 0 Å². The van der Waals surface area contributed by atoms with Gasteiger partial charge in [-0.15, -0.1) is 0 Å². The average Bonchev–Trinajstić information content (AvgIpc) is 2.23. The number of cyclic esters (lactones) is 1. The summed E-state index contributed by atoms with van der Waals surface area (Å²) in [5, 5.41) is 0. The molecule has 17 heavy (non-hydrogen) atoms. The minimum absolute atomic E-state index is 0.150. The third kappa shape index (κ3) is 4.03. The van der Waals surface area contributed by atoms with Crippen molar-refractivity contribution in [3.63, 3.8) is 0 Å². The monoisotopic (exact) mass is 234 g/mol. The third-order valence-electron chi connectivity index (χ3n) is 3.58. The van der Waals surface area contributed by atoms with Crippen molar-refractivity contribution >= 4 is 5.97 Å². The molecule has 0 atom stereocenters. The van der Waals surface area contributed by atoms with Crippen LogP contribution in [0.25, 0.3) is 0 Å². The van der Waals surface area contributed by atoms with Crippen molar-refractivity contribution in [1.29, 1.82) is 0 Å². The molecule has 0 spiro atoms. The topological polar surface area (TPSA) is 26.3 Å². The van der Waals surface area contributed by atoms with Gasteiger partial charge in [0, 0.05) is 6.08 Å². The standard InChI is InChI=1S/C15H22O2/c16-15-12-14(10-6-7-11-17-15)13-8-4-2-1-3-5-9-13/h8,12H,1-7,9-11H2. The summed E-state index contributed by atoms with van der Waals surface area (Å²) in [5.41, 5.74) is 2.64. The first-order valence-corrected chi connectivity index (χ1v) is 6.93. The Bertz CT molecular complexity index is 326. The molecule has 0 saturated carbocycles. The van der Waals surface area contributed by atoms with E-state index in [1.165, 1.54) is 43.3 Å². The Labute approximate surface area is 104 Å². The molecule has 1 heterocycles. The maximum atomic E-state index is 11.5. The van der Waals surface area contributed by atoms with E-state index in [9.17, 15) is 4.79 Å². The molecular weight excluding hydrogens is 212 g/mol. The molecule has 2 rings (SSSR count). The Morgan fingerprint density at radius 1 is 0.882 bits per heavy atom. The first-order valence-electron chi connectivity index (χ1n) is 6.93. The molecule has 2 nitrogen and oxygen atoms in total. The number of allylic oxidation sites excluding steroid dienone is 3. The Morgan fingerprint density at radius 2 is 1.65 bits per heavy atom. The molecule has 0 radical (unpaired) electrons. The molecule has 1 aliphatic carbocycles. The summed E-state index contributed by atoms with van der Waals surface area (Å²) in [7, 11) is 0. The molecule has 0 aromatic rings. The number of ether oxygens (including phenoxy) is 1. The number of carbonyl (C=O) groups is 1. The van der Waals surface area contributed by atoms with Gasteiger partial charge in [0.1, 0.15) is 0 Å². The highest BCUT2D eigenvalue weighted by Crippen LogP contribution is 2.27. The van der Waals surface area contributed by atoms with E-state index in [2.05, 4.69) is 6.08 Å². The van der Waals surface area contributed by atoms with Gasteiger partial charge in [-0.25, -0.2) is 4.79 Å². The van der Waals surface area contributed by atoms with Gasteiger partial charge in [0.15, 0.2) is 0 Å². The number of hydrogen-bond acceptors (Lipinski definition) is 2. The molecule has 0 bridgehead atoms. The summed E-state index contributed by atoms with van der Waals surface area (Å²) in [6, 6.07) is 0. The van der Waals surface area contributed by atoms with E-state index < -0.39 is 0 Å². The molecule has 1 aliphatic heterocycles. The third-order valence-corrected chi connectivity index (χ3v) is 3.58. The van der Waals surface area contributed by atoms with Gasteiger partial charge >= 0.3 is 5.97 Å². The van der Waals surface area contributed by atoms with Crippen molar-refractivity contribution in [2.75, 3.05) is 6.61 Å². The second-order valence-electron chi connectivity index (χ2n) is 4.98. The zero-order valence-corrected chi connectivity index (χ0v) is 10.5. The maximum absolute atomic E-state index is 11.5. The first-order chi connectivity index (χ1) is 8.36. The van der Waals surface area contributed by atoms with Gasteiger partial charge in [0.2, 0.25) is 0 Å². The smallest absolute Gasteiger partial charge is 0.331 e. The number of carbonyl (C=O) groups excluding carboxylic acids is 1. The van der Waals surface area contributed by atoms with Gasteiger partial charge in [-0.1, -0.05) is 18.9 Å². The van der Waals surface area contributed by atoms with Crippen LogP contribution in [-0.4, -0.2) is 12.6 Å². The normalized spacial score (nSPS) is 23.4. The fraction of sp³-hybridized carbons (Fsp3) is 0.667. The van der Waals surface area contributed by atoms with E-state index in [1.807, 2.05) is 0 Å². The van der Waals surface area contributed by atoms with Crippen LogP contribution in [0.15, 0.2) is 23.3 Å². The van der Waals surface area contributed by atoms with Gasteiger partial charge in [-0.2, -0.15) is 0 Å². The lowest BCUT2D eigenvalue weighted by atomic mass is 9.91. The summed E-state index contributed by atoms with van der Waals surface area (Å²) < 4.78 is 5.12. The van der Waals surface area contributed by atoms with Crippen LogP contribution in [0.3, 0.4) is 0 Å². The zero-order chi connectivity index (χ0) is 11.9. The largest absolute Gasteiger partial charge is 0.463 e. The highest BCUT2D eigenvalue weighted by atomic mass is 16.5. The van der Waals surface area contributed by atoms with Crippen LogP contribution >= 0.6 is 0 Å². The van der Waals surface area contributed by atoms with Crippen LogP contribution in [-0.2, 0) is 9.53 Å². The van der Waals surface area contributed by atoms with Crippen molar-refractivity contribution in [2.45, 2.75) is 57.8 Å². The lowest BCUT2D eigenvalue weighted by molar-refractivity contribution is -0.138. The zero-order valence-electron chi connectivity index (χ0n) is 10.5. The van der Waals surface area contributed by atoms with Crippen LogP contribution in [0.4, 0.5) is 0 Å². The van der Waals surface area contributed by atoms with Gasteiger partial charge < -0.3 is 4.74 Å². The first kappa shape index (κ1) is 12.4. The minimum Gasteiger partial charge on any atom is -0.463 e. The number of esters is 1. The molecule has 0 fully saturated rings. The second-order valence-corrected chi connectivity index (χ2v) is 4.98. The SMILES string of the molecule is O=C1C=C(C2=CCCCCCC2)CCCCO1. The molecule has 2 aliphatic rings. The van der Waals surface area contributed by atoms with Crippen LogP contribution in [0.5, 0.6) is 0 Å². The van der Waals surface area contributed by atoms with Gasteiger partial charge in [0.05, 0.1) is 6.61 Å². The van der Waals surface area contributed by atoms with Crippen LogP contribution in [0, 0.1) is 0 Å². The summed E-state index contributed by atoms with van der Waals surface area (Å²) >= 11 is 0. The summed E-state index contributed by atoms with van der Waals surface area (Å²) in [5.74, 6) is -0.150. The summed E-state index contributed by atoms with van der Waals surface area (Å²) in [6.07, 6.45) is 14.8. The van der Waals surface area contributed by atoms with Gasteiger partial charge in [-0.3, -0.25) is 0 Å². The molecule has 94 valence electrons. The molecular formula is C15H22O2. The molecule has 0 unspecified atom stereocenters. The Kier molecular flexibility index (Phi) is 4.84. The lowest BCUT2D eigenvalue weighted by Gasteiger charge is -2.17. The highest BCUT2D eigenvalue weighted by Gasteiger charge is 2.12. The minimum atomic E-state index is -0.150.